The molecule has 2 atom stereocenters. The van der Waals surface area contributed by atoms with Crippen molar-refractivity contribution in [1.82, 2.24) is 10.3 Å². The fraction of sp³-hybridized carbons (Fsp3) is 0.455. The number of anilines is 1. The van der Waals surface area contributed by atoms with E-state index in [1.54, 1.807) is 0 Å². The Morgan fingerprint density at radius 1 is 1.72 bits per heavy atom. The van der Waals surface area contributed by atoms with Crippen LogP contribution >= 0.6 is 27.7 Å². The van der Waals surface area contributed by atoms with Gasteiger partial charge in [0.25, 0.3) is 5.91 Å². The molecule has 0 spiro atoms. The highest BCUT2D eigenvalue weighted by Crippen LogP contribution is 2.18. The number of rotatable bonds is 5. The number of carbonyl (C=O) groups excluding carboxylic acids is 1. The van der Waals surface area contributed by atoms with Crippen molar-refractivity contribution in [2.45, 2.75) is 18.2 Å². The van der Waals surface area contributed by atoms with Gasteiger partial charge in [-0.2, -0.15) is 11.8 Å². The summed E-state index contributed by atoms with van der Waals surface area (Å²) in [4.78, 5) is 15.9. The van der Waals surface area contributed by atoms with E-state index in [-0.39, 0.29) is 23.8 Å². The third kappa shape index (κ3) is 3.86. The van der Waals surface area contributed by atoms with Crippen molar-refractivity contribution in [3.8, 4) is 0 Å². The Morgan fingerprint density at radius 2 is 2.39 bits per heavy atom. The molecular formula is C11H16BrN3O2S. The van der Waals surface area contributed by atoms with Gasteiger partial charge in [0, 0.05) is 22.0 Å². The molecule has 1 aromatic heterocycles. The molecule has 0 saturated heterocycles. The van der Waals surface area contributed by atoms with Crippen molar-refractivity contribution in [3.63, 3.8) is 0 Å². The Labute approximate surface area is 119 Å². The molecule has 0 fully saturated rings. The number of hydrogen-bond donors (Lipinski definition) is 3. The van der Waals surface area contributed by atoms with E-state index in [0.717, 1.165) is 0 Å². The van der Waals surface area contributed by atoms with Gasteiger partial charge in [-0.3, -0.25) is 4.79 Å². The van der Waals surface area contributed by atoms with Gasteiger partial charge in [-0.1, -0.05) is 0 Å². The van der Waals surface area contributed by atoms with Crippen LogP contribution < -0.4 is 11.1 Å². The lowest BCUT2D eigenvalue weighted by molar-refractivity contribution is 0.0935. The molecule has 1 aromatic rings. The zero-order valence-electron chi connectivity index (χ0n) is 10.2. The minimum Gasteiger partial charge on any atom is -0.395 e. The van der Waals surface area contributed by atoms with Gasteiger partial charge in [-0.15, -0.1) is 0 Å². The van der Waals surface area contributed by atoms with Gasteiger partial charge < -0.3 is 16.2 Å². The van der Waals surface area contributed by atoms with Crippen LogP contribution in [0.4, 0.5) is 5.82 Å². The van der Waals surface area contributed by atoms with Gasteiger partial charge in [0.2, 0.25) is 0 Å². The number of nitrogens with zero attached hydrogens (tertiary/aromatic N) is 1. The molecule has 0 bridgehead atoms. The van der Waals surface area contributed by atoms with Crippen molar-refractivity contribution in [2.24, 2.45) is 0 Å². The number of nitrogens with one attached hydrogen (secondary N) is 1. The van der Waals surface area contributed by atoms with Crippen LogP contribution in [0, 0.1) is 0 Å². The molecule has 0 radical (unpaired) electrons. The van der Waals surface area contributed by atoms with Gasteiger partial charge in [0.15, 0.2) is 0 Å². The smallest absolute Gasteiger partial charge is 0.252 e. The van der Waals surface area contributed by atoms with Crippen molar-refractivity contribution < 1.29 is 9.90 Å². The second-order valence-electron chi connectivity index (χ2n) is 3.81. The minimum atomic E-state index is -0.240. The summed E-state index contributed by atoms with van der Waals surface area (Å²) in [6.45, 7) is 1.87. The van der Waals surface area contributed by atoms with E-state index in [0.29, 0.717) is 15.9 Å². The molecule has 1 amide bonds. The number of thioether (sulfide) groups is 1. The summed E-state index contributed by atoms with van der Waals surface area (Å²) in [5.41, 5.74) is 5.99. The number of amides is 1. The molecule has 0 aliphatic rings. The molecule has 0 aliphatic carbocycles. The number of halogens is 1. The maximum absolute atomic E-state index is 12.0. The van der Waals surface area contributed by atoms with E-state index >= 15 is 0 Å². The number of aliphatic hydroxyl groups excluding tert-OH is 1. The van der Waals surface area contributed by atoms with Gasteiger partial charge in [-0.05, 0) is 35.2 Å². The standard InChI is InChI=1S/C11H16BrN3O2S/c1-6(9(5-16)18-2)15-11(17)7-3-10(13)14-4-8(7)12/h3-4,6,9,16H,5H2,1-2H3,(H2,13,14)(H,15,17). The van der Waals surface area contributed by atoms with Crippen LogP contribution in [-0.4, -0.2) is 40.2 Å². The topological polar surface area (TPSA) is 88.2 Å². The highest BCUT2D eigenvalue weighted by Gasteiger charge is 2.19. The van der Waals surface area contributed by atoms with Crippen molar-refractivity contribution in [2.75, 3.05) is 18.6 Å². The third-order valence-electron chi connectivity index (χ3n) is 2.52. The second-order valence-corrected chi connectivity index (χ2v) is 5.74. The molecule has 4 N–H and O–H groups in total. The van der Waals surface area contributed by atoms with Gasteiger partial charge in [-0.25, -0.2) is 4.98 Å². The maximum atomic E-state index is 12.0. The van der Waals surface area contributed by atoms with Gasteiger partial charge >= 0.3 is 0 Å². The molecular weight excluding hydrogens is 318 g/mol. The Morgan fingerprint density at radius 3 is 2.94 bits per heavy atom. The first-order valence-corrected chi connectivity index (χ1v) is 7.43. The summed E-state index contributed by atoms with van der Waals surface area (Å²) < 4.78 is 0.589. The molecule has 1 heterocycles. The largest absolute Gasteiger partial charge is 0.395 e. The molecule has 0 aromatic carbocycles. The molecule has 7 heteroatoms. The van der Waals surface area contributed by atoms with E-state index < -0.39 is 0 Å². The van der Waals surface area contributed by atoms with Crippen LogP contribution in [0.15, 0.2) is 16.7 Å². The fourth-order valence-electron chi connectivity index (χ4n) is 1.44. The summed E-state index contributed by atoms with van der Waals surface area (Å²) in [5, 5.41) is 12.0. The molecule has 18 heavy (non-hydrogen) atoms. The first-order chi connectivity index (χ1) is 8.49. The molecule has 5 nitrogen and oxygen atoms in total. The van der Waals surface area contributed by atoms with Crippen LogP contribution in [-0.2, 0) is 0 Å². The number of hydrogen-bond acceptors (Lipinski definition) is 5. The van der Waals surface area contributed by atoms with Crippen molar-refractivity contribution in [1.29, 1.82) is 0 Å². The van der Waals surface area contributed by atoms with Gasteiger partial charge in [0.1, 0.15) is 5.82 Å². The molecule has 0 saturated carbocycles. The summed E-state index contributed by atoms with van der Waals surface area (Å²) in [6, 6.07) is 1.37. The SMILES string of the molecule is CSC(CO)C(C)NC(=O)c1cc(N)ncc1Br. The summed E-state index contributed by atoms with van der Waals surface area (Å²) in [7, 11) is 0. The van der Waals surface area contributed by atoms with E-state index in [4.69, 9.17) is 10.8 Å². The molecule has 2 unspecified atom stereocenters. The monoisotopic (exact) mass is 333 g/mol. The van der Waals surface area contributed by atoms with Crippen LogP contribution in [0.2, 0.25) is 0 Å². The van der Waals surface area contributed by atoms with Crippen LogP contribution in [0.1, 0.15) is 17.3 Å². The first kappa shape index (κ1) is 15.3. The molecule has 1 rings (SSSR count). The lowest BCUT2D eigenvalue weighted by atomic mass is 10.2. The van der Waals surface area contributed by atoms with Crippen molar-refractivity contribution in [3.05, 3.63) is 22.3 Å². The van der Waals surface area contributed by atoms with Gasteiger partial charge in [0.05, 0.1) is 12.2 Å². The average molecular weight is 334 g/mol. The predicted molar refractivity (Wildman–Crippen MR) is 77.7 cm³/mol. The normalized spacial score (nSPS) is 14.0. The highest BCUT2D eigenvalue weighted by molar-refractivity contribution is 9.10. The minimum absolute atomic E-state index is 0.0161. The van der Waals surface area contributed by atoms with E-state index in [1.807, 2.05) is 13.2 Å². The van der Waals surface area contributed by atoms with E-state index in [1.165, 1.54) is 24.0 Å². The summed E-state index contributed by atoms with van der Waals surface area (Å²) in [5.74, 6) is 0.0514. The maximum Gasteiger partial charge on any atom is 0.252 e. The zero-order valence-corrected chi connectivity index (χ0v) is 12.6. The van der Waals surface area contributed by atoms with E-state index in [2.05, 4.69) is 26.2 Å². The first-order valence-electron chi connectivity index (χ1n) is 5.35. The lowest BCUT2D eigenvalue weighted by Crippen LogP contribution is -2.41. The number of nitrogens with two attached hydrogens (primary N) is 1. The number of aromatic nitrogens is 1. The molecule has 100 valence electrons. The Bertz CT molecular complexity index is 427. The Kier molecular flexibility index (Phi) is 5.90. The number of aliphatic hydroxyl groups is 1. The second kappa shape index (κ2) is 6.96. The van der Waals surface area contributed by atoms with Crippen LogP contribution in [0.25, 0.3) is 0 Å². The number of carbonyl (C=O) groups is 1. The zero-order chi connectivity index (χ0) is 13.7. The Hall–Kier alpha value is -0.790. The van der Waals surface area contributed by atoms with Crippen molar-refractivity contribution >= 4 is 39.4 Å². The van der Waals surface area contributed by atoms with E-state index in [9.17, 15) is 4.79 Å². The summed E-state index contributed by atoms with van der Waals surface area (Å²) >= 11 is 4.77. The third-order valence-corrected chi connectivity index (χ3v) is 4.31. The lowest BCUT2D eigenvalue weighted by Gasteiger charge is -2.21. The molecule has 0 aliphatic heterocycles. The van der Waals surface area contributed by atoms with Crippen LogP contribution in [0.3, 0.4) is 0 Å². The van der Waals surface area contributed by atoms with Crippen LogP contribution in [0.5, 0.6) is 0 Å². The highest BCUT2D eigenvalue weighted by atomic mass is 79.9. The fourth-order valence-corrected chi connectivity index (χ4v) is 2.47. The predicted octanol–water partition coefficient (Wildman–Crippen LogP) is 1.27. The quantitative estimate of drug-likeness (QED) is 0.755. The Balaban J connectivity index is 2.79. The summed E-state index contributed by atoms with van der Waals surface area (Å²) in [6.07, 6.45) is 3.39. The number of nitrogen functional groups attached to an aromatic ring is 1. The number of pyridine rings is 1. The average Bonchev–Trinajstić information content (AvgIpc) is 2.33.